The lowest BCUT2D eigenvalue weighted by Gasteiger charge is -2.14. The van der Waals surface area contributed by atoms with Crippen molar-refractivity contribution in [2.45, 2.75) is 19.3 Å². The van der Waals surface area contributed by atoms with Gasteiger partial charge in [-0.15, -0.1) is 0 Å². The highest BCUT2D eigenvalue weighted by Gasteiger charge is 2.25. The van der Waals surface area contributed by atoms with Gasteiger partial charge < -0.3 is 9.57 Å². The van der Waals surface area contributed by atoms with E-state index in [2.05, 4.69) is 4.84 Å². The lowest BCUT2D eigenvalue weighted by molar-refractivity contribution is -0.146. The van der Waals surface area contributed by atoms with Gasteiger partial charge in [0.05, 0.1) is 40.1 Å². The number of carbonyl (C=O) groups is 1. The zero-order chi connectivity index (χ0) is 24.2. The maximum atomic E-state index is 12.6. The molecule has 4 rings (SSSR count). The molecular weight excluding hydrogens is 473 g/mol. The second kappa shape index (κ2) is 10.3. The molecule has 1 aromatic heterocycles. The van der Waals surface area contributed by atoms with Crippen LogP contribution in [0.25, 0.3) is 16.9 Å². The molecule has 0 saturated heterocycles. The first-order valence-electron chi connectivity index (χ1n) is 10.6. The fraction of sp³-hybridized carbons (Fsp3) is 0.154. The molecule has 1 atom stereocenters. The quantitative estimate of drug-likeness (QED) is 0.322. The lowest BCUT2D eigenvalue weighted by Crippen LogP contribution is -2.21. The minimum Gasteiger partial charge on any atom is -0.497 e. The highest BCUT2D eigenvalue weighted by molar-refractivity contribution is 6.42. The second-order valence-corrected chi connectivity index (χ2v) is 8.68. The van der Waals surface area contributed by atoms with Gasteiger partial charge in [0.2, 0.25) is 0 Å². The summed E-state index contributed by atoms with van der Waals surface area (Å²) in [5, 5.41) is 5.72. The molecule has 1 unspecified atom stereocenters. The van der Waals surface area contributed by atoms with Crippen LogP contribution < -0.4 is 10.6 Å². The van der Waals surface area contributed by atoms with Crippen LogP contribution in [0.4, 0.5) is 0 Å². The smallest absolute Gasteiger partial charge is 0.332 e. The van der Waals surface area contributed by atoms with Crippen LogP contribution in [0.5, 0.6) is 5.75 Å². The van der Waals surface area contributed by atoms with E-state index in [-0.39, 0.29) is 0 Å². The Morgan fingerprint density at radius 1 is 1.03 bits per heavy atom. The van der Waals surface area contributed by atoms with Crippen LogP contribution in [0.15, 0.2) is 72.8 Å². The van der Waals surface area contributed by atoms with Crippen molar-refractivity contribution in [3.8, 4) is 22.7 Å². The summed E-state index contributed by atoms with van der Waals surface area (Å²) in [5.41, 5.74) is 4.98. The van der Waals surface area contributed by atoms with Crippen molar-refractivity contribution in [3.05, 3.63) is 99.7 Å². The number of ether oxygens (including phenoxy) is 1. The zero-order valence-corrected chi connectivity index (χ0v) is 20.2. The normalized spacial score (nSPS) is 11.8. The average molecular weight is 496 g/mol. The third-order valence-electron chi connectivity index (χ3n) is 5.55. The molecule has 6 nitrogen and oxygen atoms in total. The van der Waals surface area contributed by atoms with E-state index >= 15 is 0 Å². The molecule has 0 radical (unpaired) electrons. The van der Waals surface area contributed by atoms with E-state index in [4.69, 9.17) is 38.9 Å². The molecule has 0 spiro atoms. The van der Waals surface area contributed by atoms with Crippen molar-refractivity contribution in [2.75, 3.05) is 7.11 Å². The monoisotopic (exact) mass is 495 g/mol. The van der Waals surface area contributed by atoms with E-state index in [1.165, 1.54) is 0 Å². The number of aromatic nitrogens is 2. The van der Waals surface area contributed by atoms with Crippen molar-refractivity contribution in [1.82, 2.24) is 9.78 Å². The number of rotatable bonds is 7. The highest BCUT2D eigenvalue weighted by Crippen LogP contribution is 2.32. The Balaban J connectivity index is 1.80. The number of carbonyl (C=O) groups excluding carboxylic acids is 1. The number of hydrogen-bond donors (Lipinski definition) is 1. The summed E-state index contributed by atoms with van der Waals surface area (Å²) >= 11 is 12.4. The van der Waals surface area contributed by atoms with E-state index < -0.39 is 11.9 Å². The standard InChI is InChI=1S/C26H23Cl2N3O3/c1-16-4-3-5-17(12-16)22(26(32)34-29)14-19-15-25(18-6-11-23(27)24(28)13-18)31(30-19)20-7-9-21(33-2)10-8-20/h3-13,15,22H,14,29H2,1-2H3. The number of halogens is 2. The number of benzene rings is 3. The molecule has 34 heavy (non-hydrogen) atoms. The third-order valence-corrected chi connectivity index (χ3v) is 6.29. The summed E-state index contributed by atoms with van der Waals surface area (Å²) < 4.78 is 7.08. The molecule has 0 saturated carbocycles. The number of methoxy groups -OCH3 is 1. The molecule has 0 fully saturated rings. The lowest BCUT2D eigenvalue weighted by atomic mass is 9.93. The first-order valence-corrected chi connectivity index (χ1v) is 11.3. The summed E-state index contributed by atoms with van der Waals surface area (Å²) in [5.74, 6) is 4.86. The van der Waals surface area contributed by atoms with E-state index in [1.807, 2.05) is 67.6 Å². The van der Waals surface area contributed by atoms with E-state index in [0.717, 1.165) is 33.8 Å². The van der Waals surface area contributed by atoms with E-state index in [0.29, 0.717) is 22.2 Å². The topological polar surface area (TPSA) is 79.4 Å². The van der Waals surface area contributed by atoms with Gasteiger partial charge in [-0.3, -0.25) is 0 Å². The van der Waals surface area contributed by atoms with Gasteiger partial charge in [0.15, 0.2) is 0 Å². The van der Waals surface area contributed by atoms with Crippen LogP contribution in [0.3, 0.4) is 0 Å². The Kier molecular flexibility index (Phi) is 7.22. The van der Waals surface area contributed by atoms with Crippen LogP contribution in [0.1, 0.15) is 22.7 Å². The maximum Gasteiger partial charge on any atom is 0.332 e. The van der Waals surface area contributed by atoms with Crippen LogP contribution in [-0.2, 0) is 16.1 Å². The second-order valence-electron chi connectivity index (χ2n) is 7.87. The van der Waals surface area contributed by atoms with Gasteiger partial charge in [0.1, 0.15) is 5.75 Å². The largest absolute Gasteiger partial charge is 0.497 e. The molecule has 1 heterocycles. The summed E-state index contributed by atoms with van der Waals surface area (Å²) in [6.45, 7) is 1.97. The van der Waals surface area contributed by atoms with Gasteiger partial charge >= 0.3 is 5.97 Å². The Hall–Kier alpha value is -3.32. The molecule has 2 N–H and O–H groups in total. The Bertz CT molecular complexity index is 1320. The first-order chi connectivity index (χ1) is 16.4. The molecule has 0 aliphatic heterocycles. The molecular formula is C26H23Cl2N3O3. The van der Waals surface area contributed by atoms with Gasteiger partial charge in [-0.25, -0.2) is 9.48 Å². The maximum absolute atomic E-state index is 12.6. The summed E-state index contributed by atoms with van der Waals surface area (Å²) in [6.07, 6.45) is 0.303. The van der Waals surface area contributed by atoms with Gasteiger partial charge in [0, 0.05) is 12.0 Å². The first kappa shape index (κ1) is 23.8. The molecule has 174 valence electrons. The molecule has 0 aliphatic rings. The van der Waals surface area contributed by atoms with Crippen LogP contribution in [0, 0.1) is 6.92 Å². The van der Waals surface area contributed by atoms with Crippen molar-refractivity contribution in [1.29, 1.82) is 0 Å². The average Bonchev–Trinajstić information content (AvgIpc) is 3.27. The summed E-state index contributed by atoms with van der Waals surface area (Å²) in [6, 6.07) is 22.6. The fourth-order valence-corrected chi connectivity index (χ4v) is 4.12. The number of nitrogens with two attached hydrogens (primary N) is 1. The fourth-order valence-electron chi connectivity index (χ4n) is 3.83. The van der Waals surface area contributed by atoms with Gasteiger partial charge in [-0.2, -0.15) is 11.0 Å². The van der Waals surface area contributed by atoms with Crippen LogP contribution >= 0.6 is 23.2 Å². The molecule has 8 heteroatoms. The van der Waals surface area contributed by atoms with Gasteiger partial charge in [-0.05, 0) is 55.0 Å². The molecule has 4 aromatic rings. The Morgan fingerprint density at radius 3 is 2.44 bits per heavy atom. The van der Waals surface area contributed by atoms with Crippen molar-refractivity contribution in [2.24, 2.45) is 5.90 Å². The Labute approximate surface area is 207 Å². The number of nitrogens with zero attached hydrogens (tertiary/aromatic N) is 2. The van der Waals surface area contributed by atoms with Crippen LogP contribution in [0.2, 0.25) is 10.0 Å². The van der Waals surface area contributed by atoms with E-state index in [9.17, 15) is 4.79 Å². The molecule has 0 aliphatic carbocycles. The molecule has 0 amide bonds. The van der Waals surface area contributed by atoms with E-state index in [1.54, 1.807) is 23.9 Å². The highest BCUT2D eigenvalue weighted by atomic mass is 35.5. The predicted molar refractivity (Wildman–Crippen MR) is 133 cm³/mol. The Morgan fingerprint density at radius 2 is 1.79 bits per heavy atom. The van der Waals surface area contributed by atoms with Crippen molar-refractivity contribution >= 4 is 29.2 Å². The molecule has 3 aromatic carbocycles. The van der Waals surface area contributed by atoms with Gasteiger partial charge in [-0.1, -0.05) is 59.1 Å². The minimum atomic E-state index is -0.606. The number of hydrogen-bond acceptors (Lipinski definition) is 5. The summed E-state index contributed by atoms with van der Waals surface area (Å²) in [7, 11) is 1.62. The SMILES string of the molecule is COc1ccc(-n2nc(CC(C(=O)ON)c3cccc(C)c3)cc2-c2ccc(Cl)c(Cl)c2)cc1. The predicted octanol–water partition coefficient (Wildman–Crippen LogP) is 5.91. The minimum absolute atomic E-state index is 0.303. The van der Waals surface area contributed by atoms with Crippen LogP contribution in [-0.4, -0.2) is 22.9 Å². The molecule has 0 bridgehead atoms. The van der Waals surface area contributed by atoms with Crippen molar-refractivity contribution in [3.63, 3.8) is 0 Å². The number of aryl methyl sites for hydroxylation is 1. The third kappa shape index (κ3) is 5.09. The summed E-state index contributed by atoms with van der Waals surface area (Å²) in [4.78, 5) is 17.2. The zero-order valence-electron chi connectivity index (χ0n) is 18.7. The van der Waals surface area contributed by atoms with Gasteiger partial charge in [0.25, 0.3) is 0 Å². The van der Waals surface area contributed by atoms with Crippen molar-refractivity contribution < 1.29 is 14.4 Å².